The third kappa shape index (κ3) is 4.83. The maximum atomic E-state index is 12.4. The molecule has 3 rings (SSSR count). The van der Waals surface area contributed by atoms with Crippen molar-refractivity contribution in [3.63, 3.8) is 0 Å². The van der Waals surface area contributed by atoms with Crippen LogP contribution in [0.1, 0.15) is 39.4 Å². The molecule has 10 heteroatoms. The van der Waals surface area contributed by atoms with E-state index in [0.717, 1.165) is 24.6 Å². The predicted octanol–water partition coefficient (Wildman–Crippen LogP) is 0.434. The summed E-state index contributed by atoms with van der Waals surface area (Å²) in [7, 11) is 0. The van der Waals surface area contributed by atoms with Crippen LogP contribution in [0.15, 0.2) is 35.1 Å². The largest absolute Gasteiger partial charge is 0.461 e. The molecule has 0 aromatic carbocycles. The van der Waals surface area contributed by atoms with Crippen LogP contribution in [0, 0.1) is 0 Å². The van der Waals surface area contributed by atoms with E-state index in [4.69, 9.17) is 10.2 Å². The van der Waals surface area contributed by atoms with Gasteiger partial charge >= 0.3 is 0 Å². The van der Waals surface area contributed by atoms with Gasteiger partial charge < -0.3 is 25.8 Å². The van der Waals surface area contributed by atoms with Gasteiger partial charge in [0.15, 0.2) is 5.76 Å². The number of primary amides is 1. The number of ketones is 1. The number of rotatable bonds is 9. The Kier molecular flexibility index (Phi) is 6.19. The van der Waals surface area contributed by atoms with E-state index in [1.54, 1.807) is 12.1 Å². The van der Waals surface area contributed by atoms with E-state index in [2.05, 4.69) is 15.6 Å². The summed E-state index contributed by atoms with van der Waals surface area (Å²) in [4.78, 5) is 50.0. The van der Waals surface area contributed by atoms with Crippen molar-refractivity contribution in [1.82, 2.24) is 15.6 Å². The summed E-state index contributed by atoms with van der Waals surface area (Å²) in [6.45, 7) is 0. The van der Waals surface area contributed by atoms with Gasteiger partial charge in [-0.3, -0.25) is 19.2 Å². The molecule has 9 nitrogen and oxygen atoms in total. The second-order valence-electron chi connectivity index (χ2n) is 6.40. The van der Waals surface area contributed by atoms with Gasteiger partial charge in [-0.05, 0) is 31.0 Å². The Morgan fingerprint density at radius 1 is 1.18 bits per heavy atom. The number of hydrogen-bond acceptors (Lipinski definition) is 6. The molecule has 2 aromatic rings. The van der Waals surface area contributed by atoms with E-state index in [-0.39, 0.29) is 52.6 Å². The lowest BCUT2D eigenvalue weighted by Crippen LogP contribution is -2.58. The van der Waals surface area contributed by atoms with E-state index in [0.29, 0.717) is 5.56 Å². The summed E-state index contributed by atoms with van der Waals surface area (Å²) < 4.78 is 5.07. The van der Waals surface area contributed by atoms with Crippen molar-refractivity contribution in [3.8, 4) is 0 Å². The van der Waals surface area contributed by atoms with Crippen LogP contribution in [-0.4, -0.2) is 52.1 Å². The number of furan rings is 1. The molecule has 2 atom stereocenters. The average Bonchev–Trinajstić information content (AvgIpc) is 3.34. The van der Waals surface area contributed by atoms with Crippen LogP contribution in [0.2, 0.25) is 0 Å². The van der Waals surface area contributed by atoms with Crippen LogP contribution in [-0.2, 0) is 9.59 Å². The van der Waals surface area contributed by atoms with Crippen LogP contribution in [0.25, 0.3) is 0 Å². The van der Waals surface area contributed by atoms with Crippen LogP contribution in [0.5, 0.6) is 0 Å². The van der Waals surface area contributed by atoms with E-state index in [1.807, 2.05) is 0 Å². The van der Waals surface area contributed by atoms with Gasteiger partial charge in [0.1, 0.15) is 5.69 Å². The molecule has 0 radical (unpaired) electrons. The fourth-order valence-electron chi connectivity index (χ4n) is 2.79. The van der Waals surface area contributed by atoms with Crippen molar-refractivity contribution in [2.45, 2.75) is 24.9 Å². The number of nitrogens with one attached hydrogen (secondary N) is 3. The average molecular weight is 404 g/mol. The standard InChI is InChI=1S/C18H20N4O5S/c19-15(23)8-28-9-16(24)21-11-3-4-12(11)22-18(26)13-6-10(7-20-13)17(25)14-2-1-5-27-14/h1-2,5-7,11-12,20H,3-4,8-9H2,(H2,19,23)(H,21,24)(H,22,26)/t11-,12+/m1/s1. The second-order valence-corrected chi connectivity index (χ2v) is 7.38. The summed E-state index contributed by atoms with van der Waals surface area (Å²) in [5, 5.41) is 5.68. The Hall–Kier alpha value is -3.01. The third-order valence-corrected chi connectivity index (χ3v) is 5.30. The minimum Gasteiger partial charge on any atom is -0.461 e. The number of nitrogens with two attached hydrogens (primary N) is 1. The van der Waals surface area contributed by atoms with Crippen LogP contribution in [0.4, 0.5) is 0 Å². The lowest BCUT2D eigenvalue weighted by atomic mass is 9.86. The smallest absolute Gasteiger partial charge is 0.268 e. The molecule has 3 amide bonds. The van der Waals surface area contributed by atoms with Crippen molar-refractivity contribution < 1.29 is 23.6 Å². The molecule has 148 valence electrons. The predicted molar refractivity (Wildman–Crippen MR) is 102 cm³/mol. The number of hydrogen-bond donors (Lipinski definition) is 4. The summed E-state index contributed by atoms with van der Waals surface area (Å²) in [5.41, 5.74) is 5.61. The van der Waals surface area contributed by atoms with Crippen LogP contribution in [0.3, 0.4) is 0 Å². The Morgan fingerprint density at radius 2 is 1.93 bits per heavy atom. The fraction of sp³-hybridized carbons (Fsp3) is 0.333. The minimum absolute atomic E-state index is 0.0874. The highest BCUT2D eigenvalue weighted by molar-refractivity contribution is 8.00. The Balaban J connectivity index is 1.49. The minimum atomic E-state index is -0.470. The van der Waals surface area contributed by atoms with Gasteiger partial charge in [-0.2, -0.15) is 0 Å². The van der Waals surface area contributed by atoms with Crippen molar-refractivity contribution in [1.29, 1.82) is 0 Å². The SMILES string of the molecule is NC(=O)CSCC(=O)N[C@@H]1CC[C@@H]1NC(=O)c1cc(C(=O)c2ccco2)c[nH]1. The molecule has 0 unspecified atom stereocenters. The van der Waals surface area contributed by atoms with Crippen LogP contribution >= 0.6 is 11.8 Å². The van der Waals surface area contributed by atoms with Crippen molar-refractivity contribution >= 4 is 35.3 Å². The molecule has 0 saturated heterocycles. The van der Waals surface area contributed by atoms with E-state index < -0.39 is 5.91 Å². The lowest BCUT2D eigenvalue weighted by molar-refractivity contribution is -0.120. The van der Waals surface area contributed by atoms with Gasteiger partial charge in [0, 0.05) is 23.8 Å². The van der Waals surface area contributed by atoms with Gasteiger partial charge in [0.05, 0.1) is 17.8 Å². The van der Waals surface area contributed by atoms with E-state index in [1.165, 1.54) is 18.5 Å². The fourth-order valence-corrected chi connectivity index (χ4v) is 3.36. The molecular formula is C18H20N4O5S. The third-order valence-electron chi connectivity index (χ3n) is 4.35. The number of H-pyrrole nitrogens is 1. The van der Waals surface area contributed by atoms with E-state index in [9.17, 15) is 19.2 Å². The van der Waals surface area contributed by atoms with Crippen molar-refractivity contribution in [2.75, 3.05) is 11.5 Å². The highest BCUT2D eigenvalue weighted by atomic mass is 32.2. The molecule has 1 aliphatic carbocycles. The van der Waals surface area contributed by atoms with Gasteiger partial charge in [-0.1, -0.05) is 0 Å². The normalized spacial score (nSPS) is 18.1. The van der Waals surface area contributed by atoms with Gasteiger partial charge in [-0.25, -0.2) is 0 Å². The van der Waals surface area contributed by atoms with Crippen molar-refractivity contribution in [2.24, 2.45) is 5.73 Å². The zero-order valence-corrected chi connectivity index (χ0v) is 15.7. The molecule has 2 heterocycles. The van der Waals surface area contributed by atoms with E-state index >= 15 is 0 Å². The molecule has 2 aromatic heterocycles. The highest BCUT2D eigenvalue weighted by Crippen LogP contribution is 2.21. The Bertz CT molecular complexity index is 876. The number of aromatic amines is 1. The quantitative estimate of drug-likeness (QED) is 0.446. The number of carbonyl (C=O) groups excluding carboxylic acids is 4. The first kappa shape index (κ1) is 19.7. The maximum absolute atomic E-state index is 12.4. The first-order valence-electron chi connectivity index (χ1n) is 8.67. The van der Waals surface area contributed by atoms with Gasteiger partial charge in [0.2, 0.25) is 17.6 Å². The number of aromatic nitrogens is 1. The number of thioether (sulfide) groups is 1. The van der Waals surface area contributed by atoms with Crippen LogP contribution < -0.4 is 16.4 Å². The highest BCUT2D eigenvalue weighted by Gasteiger charge is 2.33. The zero-order valence-electron chi connectivity index (χ0n) is 14.9. The van der Waals surface area contributed by atoms with Crippen molar-refractivity contribution in [3.05, 3.63) is 47.7 Å². The monoisotopic (exact) mass is 404 g/mol. The summed E-state index contributed by atoms with van der Waals surface area (Å²) in [6, 6.07) is 4.28. The summed E-state index contributed by atoms with van der Waals surface area (Å²) >= 11 is 1.14. The number of amides is 3. The first-order valence-corrected chi connectivity index (χ1v) is 9.82. The molecule has 0 bridgehead atoms. The molecule has 28 heavy (non-hydrogen) atoms. The summed E-state index contributed by atoms with van der Waals surface area (Å²) in [5.74, 6) is -0.932. The molecule has 0 spiro atoms. The summed E-state index contributed by atoms with van der Waals surface area (Å²) in [6.07, 6.45) is 4.36. The Labute approximate surface area is 164 Å². The topological polar surface area (TPSA) is 147 Å². The molecule has 0 aliphatic heterocycles. The molecule has 1 saturated carbocycles. The lowest BCUT2D eigenvalue weighted by Gasteiger charge is -2.37. The second kappa shape index (κ2) is 8.79. The first-order chi connectivity index (χ1) is 13.4. The molecule has 1 fully saturated rings. The van der Waals surface area contributed by atoms with Gasteiger partial charge in [0.25, 0.3) is 5.91 Å². The maximum Gasteiger partial charge on any atom is 0.268 e. The van der Waals surface area contributed by atoms with Gasteiger partial charge in [-0.15, -0.1) is 11.8 Å². The zero-order chi connectivity index (χ0) is 20.1. The Morgan fingerprint density at radius 3 is 2.57 bits per heavy atom. The molecule has 5 N–H and O–H groups in total. The number of carbonyl (C=O) groups is 4. The molecule has 1 aliphatic rings. The molecular weight excluding hydrogens is 384 g/mol.